The molecule has 0 spiro atoms. The van der Waals surface area contributed by atoms with Crippen LogP contribution in [0.4, 0.5) is 0 Å². The third kappa shape index (κ3) is 4.25. The molecule has 17 heavy (non-hydrogen) atoms. The number of aliphatic carboxylic acids is 1. The van der Waals surface area contributed by atoms with Crippen LogP contribution < -0.4 is 17.0 Å². The Kier molecular flexibility index (Phi) is 6.00. The van der Waals surface area contributed by atoms with E-state index >= 15 is 0 Å². The molecule has 1 aromatic rings. The second kappa shape index (κ2) is 6.48. The van der Waals surface area contributed by atoms with E-state index in [1.807, 2.05) is 0 Å². The first-order chi connectivity index (χ1) is 7.41. The predicted octanol–water partition coefficient (Wildman–Crippen LogP) is -0.825. The zero-order valence-electron chi connectivity index (χ0n) is 8.87. The highest BCUT2D eigenvalue weighted by atomic mass is 35.5. The third-order valence-corrected chi connectivity index (χ3v) is 2.86. The molecule has 0 saturated heterocycles. The van der Waals surface area contributed by atoms with Crippen LogP contribution in [-0.2, 0) is 4.79 Å². The highest BCUT2D eigenvalue weighted by molar-refractivity contribution is 7.97. The van der Waals surface area contributed by atoms with Gasteiger partial charge in [0.25, 0.3) is 5.56 Å². The maximum atomic E-state index is 11.3. The van der Waals surface area contributed by atoms with Crippen molar-refractivity contribution in [1.29, 1.82) is 0 Å². The zero-order valence-corrected chi connectivity index (χ0v) is 10.5. The van der Waals surface area contributed by atoms with Crippen LogP contribution in [0, 0.1) is 6.92 Å². The van der Waals surface area contributed by atoms with Crippen molar-refractivity contribution in [2.45, 2.75) is 13.0 Å². The lowest BCUT2D eigenvalue weighted by Gasteiger charge is -2.07. The minimum atomic E-state index is -1.14. The number of carboxylic acid groups (broad SMARTS) is 1. The van der Waals surface area contributed by atoms with Crippen molar-refractivity contribution < 1.29 is 9.90 Å². The van der Waals surface area contributed by atoms with Gasteiger partial charge < -0.3 is 10.8 Å². The molecule has 0 aliphatic carbocycles. The summed E-state index contributed by atoms with van der Waals surface area (Å²) in [5.41, 5.74) is 4.59. The van der Waals surface area contributed by atoms with Gasteiger partial charge in [-0.05, 0) is 18.9 Å². The van der Waals surface area contributed by atoms with Gasteiger partial charge in [-0.15, -0.1) is 12.4 Å². The van der Waals surface area contributed by atoms with Crippen molar-refractivity contribution in [1.82, 2.24) is 8.96 Å². The molecule has 1 atom stereocenters. The number of nitrogens with one attached hydrogen (secondary N) is 1. The molecule has 0 unspecified atom stereocenters. The molecule has 0 aliphatic rings. The van der Waals surface area contributed by atoms with Gasteiger partial charge in [0.2, 0.25) is 0 Å². The molecule has 1 aromatic heterocycles. The van der Waals surface area contributed by atoms with Crippen molar-refractivity contribution in [2.75, 3.05) is 5.75 Å². The lowest BCUT2D eigenvalue weighted by Crippen LogP contribution is -2.34. The SMILES string of the molecule is Cc1cn(SC[C@H](N)C(=O)O)c(=O)[nH]c1=O.Cl. The molecule has 0 fully saturated rings. The molecule has 9 heteroatoms. The van der Waals surface area contributed by atoms with Gasteiger partial charge in [-0.3, -0.25) is 14.6 Å². The predicted molar refractivity (Wildman–Crippen MR) is 66.8 cm³/mol. The number of hydrogen-bond donors (Lipinski definition) is 3. The van der Waals surface area contributed by atoms with E-state index in [1.165, 1.54) is 6.20 Å². The summed E-state index contributed by atoms with van der Waals surface area (Å²) in [6.45, 7) is 1.55. The molecular formula is C8H12ClN3O4S. The maximum Gasteiger partial charge on any atom is 0.338 e. The number of aryl methyl sites for hydroxylation is 1. The number of H-pyrrole nitrogens is 1. The average molecular weight is 282 g/mol. The number of rotatable bonds is 4. The van der Waals surface area contributed by atoms with E-state index in [1.54, 1.807) is 6.92 Å². The van der Waals surface area contributed by atoms with E-state index in [2.05, 4.69) is 4.98 Å². The summed E-state index contributed by atoms with van der Waals surface area (Å²) in [6.07, 6.45) is 1.35. The second-order valence-corrected chi connectivity index (χ2v) is 4.12. The molecule has 1 rings (SSSR count). The molecule has 0 bridgehead atoms. The van der Waals surface area contributed by atoms with Crippen LogP contribution in [0.25, 0.3) is 0 Å². The van der Waals surface area contributed by atoms with Crippen molar-refractivity contribution in [3.63, 3.8) is 0 Å². The van der Waals surface area contributed by atoms with E-state index < -0.39 is 23.3 Å². The average Bonchev–Trinajstić information content (AvgIpc) is 2.20. The number of carbonyl (C=O) groups is 1. The quantitative estimate of drug-likeness (QED) is 0.663. The lowest BCUT2D eigenvalue weighted by molar-refractivity contribution is -0.137. The van der Waals surface area contributed by atoms with Crippen molar-refractivity contribution >= 4 is 30.3 Å². The molecule has 96 valence electrons. The summed E-state index contributed by atoms with van der Waals surface area (Å²) in [4.78, 5) is 34.9. The molecule has 0 radical (unpaired) electrons. The lowest BCUT2D eigenvalue weighted by atomic mass is 10.4. The summed E-state index contributed by atoms with van der Waals surface area (Å²) >= 11 is 0.935. The van der Waals surface area contributed by atoms with E-state index in [-0.39, 0.29) is 18.2 Å². The number of carboxylic acids is 1. The van der Waals surface area contributed by atoms with Crippen LogP contribution in [0.15, 0.2) is 15.8 Å². The smallest absolute Gasteiger partial charge is 0.338 e. The molecule has 4 N–H and O–H groups in total. The zero-order chi connectivity index (χ0) is 12.3. The van der Waals surface area contributed by atoms with Gasteiger partial charge in [0.1, 0.15) is 6.04 Å². The Balaban J connectivity index is 0.00000256. The summed E-state index contributed by atoms with van der Waals surface area (Å²) < 4.78 is 1.15. The van der Waals surface area contributed by atoms with E-state index in [9.17, 15) is 14.4 Å². The van der Waals surface area contributed by atoms with Crippen LogP contribution in [0.1, 0.15) is 5.56 Å². The molecule has 7 nitrogen and oxygen atoms in total. The second-order valence-electron chi connectivity index (χ2n) is 3.14. The van der Waals surface area contributed by atoms with Gasteiger partial charge >= 0.3 is 11.7 Å². The fourth-order valence-corrected chi connectivity index (χ4v) is 1.73. The van der Waals surface area contributed by atoms with Crippen LogP contribution in [0.2, 0.25) is 0 Å². The fraction of sp³-hybridized carbons (Fsp3) is 0.375. The van der Waals surface area contributed by atoms with Crippen LogP contribution in [-0.4, -0.2) is 31.8 Å². The Morgan fingerprint density at radius 2 is 2.24 bits per heavy atom. The Bertz CT molecular complexity index is 512. The Hall–Kier alpha value is -1.25. The summed E-state index contributed by atoms with van der Waals surface area (Å²) in [5, 5.41) is 8.54. The number of nitrogens with two attached hydrogens (primary N) is 1. The number of halogens is 1. The molecule has 0 aromatic carbocycles. The standard InChI is InChI=1S/C8H11N3O4S.ClH/c1-4-2-11(8(15)10-6(4)12)16-3-5(9)7(13)14;/h2,5H,3,9H2,1H3,(H,13,14)(H,10,12,15);1H/t5-;/m0./s1. The van der Waals surface area contributed by atoms with Crippen molar-refractivity contribution in [2.24, 2.45) is 5.73 Å². The van der Waals surface area contributed by atoms with E-state index in [0.29, 0.717) is 5.56 Å². The number of aromatic amines is 1. The first-order valence-electron chi connectivity index (χ1n) is 4.36. The Morgan fingerprint density at radius 3 is 2.76 bits per heavy atom. The molecule has 0 saturated carbocycles. The summed E-state index contributed by atoms with van der Waals surface area (Å²) in [7, 11) is 0. The van der Waals surface area contributed by atoms with Gasteiger partial charge in [0.05, 0.1) is 0 Å². The fourth-order valence-electron chi connectivity index (χ4n) is 0.872. The van der Waals surface area contributed by atoms with Crippen LogP contribution in [0.5, 0.6) is 0 Å². The number of aromatic nitrogens is 2. The van der Waals surface area contributed by atoms with Gasteiger partial charge in [-0.1, -0.05) is 0 Å². The first kappa shape index (κ1) is 15.8. The van der Waals surface area contributed by atoms with Gasteiger partial charge in [-0.25, -0.2) is 8.77 Å². The van der Waals surface area contributed by atoms with E-state index in [0.717, 1.165) is 15.9 Å². The van der Waals surface area contributed by atoms with Crippen LogP contribution >= 0.6 is 24.4 Å². The topological polar surface area (TPSA) is 118 Å². The monoisotopic (exact) mass is 281 g/mol. The summed E-state index contributed by atoms with van der Waals surface area (Å²) in [5.74, 6) is -1.09. The van der Waals surface area contributed by atoms with Gasteiger partial charge in [0.15, 0.2) is 0 Å². The van der Waals surface area contributed by atoms with Gasteiger partial charge in [-0.2, -0.15) is 0 Å². The third-order valence-electron chi connectivity index (χ3n) is 1.80. The highest BCUT2D eigenvalue weighted by Gasteiger charge is 2.12. The number of nitrogens with zero attached hydrogens (tertiary/aromatic N) is 1. The largest absolute Gasteiger partial charge is 0.480 e. The van der Waals surface area contributed by atoms with Crippen molar-refractivity contribution in [3.8, 4) is 0 Å². The minimum Gasteiger partial charge on any atom is -0.480 e. The normalized spacial score (nSPS) is 11.6. The molecule has 0 aliphatic heterocycles. The molecular weight excluding hydrogens is 270 g/mol. The minimum absolute atomic E-state index is 0. The Morgan fingerprint density at radius 1 is 1.65 bits per heavy atom. The maximum absolute atomic E-state index is 11.3. The molecule has 1 heterocycles. The Labute approximate surface area is 107 Å². The number of hydrogen-bond acceptors (Lipinski definition) is 5. The van der Waals surface area contributed by atoms with Crippen molar-refractivity contribution in [3.05, 3.63) is 32.6 Å². The first-order valence-corrected chi connectivity index (χ1v) is 5.30. The highest BCUT2D eigenvalue weighted by Crippen LogP contribution is 2.03. The van der Waals surface area contributed by atoms with E-state index in [4.69, 9.17) is 10.8 Å². The summed E-state index contributed by atoms with van der Waals surface area (Å²) in [6, 6.07) is -1.05. The van der Waals surface area contributed by atoms with Gasteiger partial charge in [0, 0.05) is 17.5 Å². The molecule has 0 amide bonds. The van der Waals surface area contributed by atoms with Crippen LogP contribution in [0.3, 0.4) is 0 Å².